The number of nitrogens with zero attached hydrogens (tertiary/aromatic N) is 1. The summed E-state index contributed by atoms with van der Waals surface area (Å²) >= 11 is 0. The average molecular weight is 279 g/mol. The fraction of sp³-hybridized carbons (Fsp3) is 0.308. The Morgan fingerprint density at radius 3 is 2.75 bits per heavy atom. The number of hydrogen-bond donors (Lipinski definition) is 3. The van der Waals surface area contributed by atoms with E-state index in [1.54, 1.807) is 13.0 Å². The van der Waals surface area contributed by atoms with Gasteiger partial charge in [-0.3, -0.25) is 0 Å². The number of carbonyl (C=O) groups excluding carboxylic acids is 1. The second-order valence-electron chi connectivity index (χ2n) is 4.08. The first-order valence-corrected chi connectivity index (χ1v) is 5.98. The van der Waals surface area contributed by atoms with Crippen LogP contribution in [0, 0.1) is 17.1 Å². The molecular formula is C13H14FN3O3. The number of carboxylic acids is 1. The van der Waals surface area contributed by atoms with Gasteiger partial charge in [-0.15, -0.1) is 0 Å². The molecule has 0 unspecified atom stereocenters. The van der Waals surface area contributed by atoms with Crippen LogP contribution in [0.15, 0.2) is 18.2 Å². The summed E-state index contributed by atoms with van der Waals surface area (Å²) in [5.74, 6) is -1.81. The number of hydrogen-bond acceptors (Lipinski definition) is 3. The third kappa shape index (κ3) is 4.24. The van der Waals surface area contributed by atoms with E-state index in [1.807, 2.05) is 0 Å². The molecule has 0 saturated heterocycles. The van der Waals surface area contributed by atoms with E-state index < -0.39 is 23.9 Å². The van der Waals surface area contributed by atoms with Crippen LogP contribution < -0.4 is 10.6 Å². The normalized spacial score (nSPS) is 11.2. The minimum Gasteiger partial charge on any atom is -0.480 e. The number of benzene rings is 1. The monoisotopic (exact) mass is 279 g/mol. The highest BCUT2D eigenvalue weighted by Crippen LogP contribution is 2.13. The molecule has 2 amide bonds. The molecule has 6 nitrogen and oxygen atoms in total. The number of nitrogens with one attached hydrogen (secondary N) is 2. The Kier molecular flexibility index (Phi) is 5.47. The highest BCUT2D eigenvalue weighted by Gasteiger charge is 2.18. The summed E-state index contributed by atoms with van der Waals surface area (Å²) < 4.78 is 13.1. The Morgan fingerprint density at radius 1 is 1.50 bits per heavy atom. The summed E-state index contributed by atoms with van der Waals surface area (Å²) in [6.07, 6.45) is 0.905. The molecule has 1 rings (SSSR count). The molecule has 3 N–H and O–H groups in total. The molecule has 20 heavy (non-hydrogen) atoms. The van der Waals surface area contributed by atoms with Gasteiger partial charge in [-0.2, -0.15) is 5.26 Å². The maximum atomic E-state index is 13.1. The number of rotatable bonds is 5. The van der Waals surface area contributed by atoms with Crippen molar-refractivity contribution in [1.82, 2.24) is 5.32 Å². The van der Waals surface area contributed by atoms with E-state index in [2.05, 4.69) is 10.6 Å². The Labute approximate surface area is 115 Å². The van der Waals surface area contributed by atoms with Gasteiger partial charge < -0.3 is 15.7 Å². The van der Waals surface area contributed by atoms with Crippen molar-refractivity contribution >= 4 is 17.7 Å². The van der Waals surface area contributed by atoms with Crippen molar-refractivity contribution in [2.75, 3.05) is 5.32 Å². The van der Waals surface area contributed by atoms with Crippen molar-refractivity contribution < 1.29 is 19.1 Å². The molecule has 0 spiro atoms. The lowest BCUT2D eigenvalue weighted by Gasteiger charge is -2.14. The van der Waals surface area contributed by atoms with Crippen LogP contribution in [0.5, 0.6) is 0 Å². The first-order valence-electron chi connectivity index (χ1n) is 5.98. The van der Waals surface area contributed by atoms with Crippen LogP contribution in [-0.2, 0) is 4.79 Å². The van der Waals surface area contributed by atoms with Crippen molar-refractivity contribution in [3.05, 3.63) is 29.6 Å². The molecule has 1 aromatic rings. The van der Waals surface area contributed by atoms with Crippen LogP contribution in [0.4, 0.5) is 14.9 Å². The molecule has 0 aliphatic carbocycles. The van der Waals surface area contributed by atoms with E-state index in [0.717, 1.165) is 6.07 Å². The van der Waals surface area contributed by atoms with Gasteiger partial charge in [0.2, 0.25) is 0 Å². The van der Waals surface area contributed by atoms with E-state index >= 15 is 0 Å². The molecular weight excluding hydrogens is 265 g/mol. The minimum absolute atomic E-state index is 0.203. The first kappa shape index (κ1) is 15.4. The highest BCUT2D eigenvalue weighted by molar-refractivity contribution is 5.92. The molecule has 0 heterocycles. The van der Waals surface area contributed by atoms with Gasteiger partial charge in [-0.1, -0.05) is 13.3 Å². The highest BCUT2D eigenvalue weighted by atomic mass is 19.1. The standard InChI is InChI=1S/C13H14FN3O3/c1-2-3-11(12(18)19)17-13(20)16-9-4-5-10(14)8(6-9)7-15/h4-6,11H,2-3H2,1H3,(H,18,19)(H2,16,17,20)/t11-/m1/s1. The number of nitriles is 1. The molecule has 0 aliphatic rings. The van der Waals surface area contributed by atoms with Crippen molar-refractivity contribution in [1.29, 1.82) is 5.26 Å². The summed E-state index contributed by atoms with van der Waals surface area (Å²) in [4.78, 5) is 22.5. The summed E-state index contributed by atoms with van der Waals surface area (Å²) in [5.41, 5.74) is 0.00669. The Bertz CT molecular complexity index is 554. The lowest BCUT2D eigenvalue weighted by atomic mass is 10.2. The molecule has 0 radical (unpaired) electrons. The van der Waals surface area contributed by atoms with Gasteiger partial charge in [0.25, 0.3) is 0 Å². The molecule has 1 aromatic carbocycles. The van der Waals surface area contributed by atoms with Crippen molar-refractivity contribution in [3.63, 3.8) is 0 Å². The fourth-order valence-corrected chi connectivity index (χ4v) is 1.56. The largest absolute Gasteiger partial charge is 0.480 e. The Hall–Kier alpha value is -2.62. The Balaban J connectivity index is 2.71. The van der Waals surface area contributed by atoms with Gasteiger partial charge >= 0.3 is 12.0 Å². The third-order valence-electron chi connectivity index (χ3n) is 2.53. The number of aliphatic carboxylic acids is 1. The molecule has 0 aromatic heterocycles. The van der Waals surface area contributed by atoms with Crippen molar-refractivity contribution in [3.8, 4) is 6.07 Å². The minimum atomic E-state index is -1.13. The molecule has 1 atom stereocenters. The van der Waals surface area contributed by atoms with Crippen LogP contribution in [0.25, 0.3) is 0 Å². The van der Waals surface area contributed by atoms with E-state index in [-0.39, 0.29) is 11.3 Å². The smallest absolute Gasteiger partial charge is 0.326 e. The van der Waals surface area contributed by atoms with Gasteiger partial charge in [0.1, 0.15) is 17.9 Å². The van der Waals surface area contributed by atoms with Gasteiger partial charge in [-0.25, -0.2) is 14.0 Å². The topological polar surface area (TPSA) is 102 Å². The maximum Gasteiger partial charge on any atom is 0.326 e. The van der Waals surface area contributed by atoms with Crippen LogP contribution in [0.2, 0.25) is 0 Å². The summed E-state index contributed by atoms with van der Waals surface area (Å²) in [6.45, 7) is 1.80. The number of halogens is 1. The third-order valence-corrected chi connectivity index (χ3v) is 2.53. The molecule has 7 heteroatoms. The summed E-state index contributed by atoms with van der Waals surface area (Å²) in [6, 6.07) is 3.44. The second kappa shape index (κ2) is 7.09. The zero-order chi connectivity index (χ0) is 15.1. The zero-order valence-corrected chi connectivity index (χ0v) is 10.8. The first-order chi connectivity index (χ1) is 9.47. The van der Waals surface area contributed by atoms with Gasteiger partial charge in [0.15, 0.2) is 0 Å². The molecule has 0 bridgehead atoms. The zero-order valence-electron chi connectivity index (χ0n) is 10.8. The molecule has 0 aliphatic heterocycles. The van der Waals surface area contributed by atoms with Gasteiger partial charge in [0.05, 0.1) is 5.56 Å². The van der Waals surface area contributed by atoms with Gasteiger partial charge in [0, 0.05) is 5.69 Å². The lowest BCUT2D eigenvalue weighted by Crippen LogP contribution is -2.42. The Morgan fingerprint density at radius 2 is 2.20 bits per heavy atom. The van der Waals surface area contributed by atoms with Crippen LogP contribution in [0.3, 0.4) is 0 Å². The number of anilines is 1. The second-order valence-corrected chi connectivity index (χ2v) is 4.08. The molecule has 106 valence electrons. The average Bonchev–Trinajstić information content (AvgIpc) is 2.40. The number of carbonyl (C=O) groups is 2. The van der Waals surface area contributed by atoms with Crippen LogP contribution in [0.1, 0.15) is 25.3 Å². The number of carboxylic acid groups (broad SMARTS) is 1. The predicted octanol–water partition coefficient (Wildman–Crippen LogP) is 2.07. The quantitative estimate of drug-likeness (QED) is 0.767. The van der Waals surface area contributed by atoms with Crippen LogP contribution in [-0.4, -0.2) is 23.1 Å². The van der Waals surface area contributed by atoms with Crippen molar-refractivity contribution in [2.45, 2.75) is 25.8 Å². The van der Waals surface area contributed by atoms with E-state index in [0.29, 0.717) is 12.8 Å². The van der Waals surface area contributed by atoms with Crippen LogP contribution >= 0.6 is 0 Å². The maximum absolute atomic E-state index is 13.1. The number of urea groups is 1. The SMILES string of the molecule is CCC[C@@H](NC(=O)Nc1ccc(F)c(C#N)c1)C(=O)O. The summed E-state index contributed by atoms with van der Waals surface area (Å²) in [5, 5.41) is 22.2. The van der Waals surface area contributed by atoms with E-state index in [4.69, 9.17) is 10.4 Å². The molecule has 0 saturated carbocycles. The molecule has 0 fully saturated rings. The summed E-state index contributed by atoms with van der Waals surface area (Å²) in [7, 11) is 0. The van der Waals surface area contributed by atoms with Crippen molar-refractivity contribution in [2.24, 2.45) is 0 Å². The lowest BCUT2D eigenvalue weighted by molar-refractivity contribution is -0.139. The van der Waals surface area contributed by atoms with Gasteiger partial charge in [-0.05, 0) is 24.6 Å². The van der Waals surface area contributed by atoms with E-state index in [9.17, 15) is 14.0 Å². The van der Waals surface area contributed by atoms with E-state index in [1.165, 1.54) is 12.1 Å². The number of amides is 2. The predicted molar refractivity (Wildman–Crippen MR) is 69.6 cm³/mol. The fourth-order valence-electron chi connectivity index (χ4n) is 1.56.